The largest absolute Gasteiger partial charge is 0.465 e. The SMILES string of the molecule is CCc1c(C(=O)N(C)Cc2cc(C(=O)OC)c(C)o2)cnn1-c1ccccc1. The quantitative estimate of drug-likeness (QED) is 0.612. The van der Waals surface area contributed by atoms with E-state index in [1.807, 2.05) is 37.3 Å². The van der Waals surface area contributed by atoms with Crippen LogP contribution in [0.4, 0.5) is 0 Å². The second-order valence-electron chi connectivity index (χ2n) is 6.44. The second kappa shape index (κ2) is 8.12. The third-order valence-corrected chi connectivity index (χ3v) is 4.55. The zero-order valence-corrected chi connectivity index (χ0v) is 16.4. The van der Waals surface area contributed by atoms with Crippen molar-refractivity contribution < 1.29 is 18.7 Å². The molecule has 0 bridgehead atoms. The molecule has 0 N–H and O–H groups in total. The van der Waals surface area contributed by atoms with Gasteiger partial charge in [0.25, 0.3) is 5.91 Å². The van der Waals surface area contributed by atoms with Gasteiger partial charge in [0.1, 0.15) is 17.1 Å². The molecule has 7 nitrogen and oxygen atoms in total. The van der Waals surface area contributed by atoms with Crippen LogP contribution in [0.5, 0.6) is 0 Å². The first-order valence-corrected chi connectivity index (χ1v) is 9.01. The van der Waals surface area contributed by atoms with Gasteiger partial charge in [0, 0.05) is 7.05 Å². The number of esters is 1. The van der Waals surface area contributed by atoms with Gasteiger partial charge in [-0.25, -0.2) is 9.48 Å². The van der Waals surface area contributed by atoms with Crippen molar-refractivity contribution in [2.75, 3.05) is 14.2 Å². The van der Waals surface area contributed by atoms with E-state index in [-0.39, 0.29) is 12.5 Å². The van der Waals surface area contributed by atoms with Gasteiger partial charge in [0.05, 0.1) is 36.8 Å². The highest BCUT2D eigenvalue weighted by Gasteiger charge is 2.22. The van der Waals surface area contributed by atoms with Crippen molar-refractivity contribution in [2.45, 2.75) is 26.8 Å². The predicted molar refractivity (Wildman–Crippen MR) is 104 cm³/mol. The molecule has 1 aromatic carbocycles. The first kappa shape index (κ1) is 19.4. The molecule has 7 heteroatoms. The molecule has 146 valence electrons. The van der Waals surface area contributed by atoms with Crippen molar-refractivity contribution in [1.82, 2.24) is 14.7 Å². The Kier molecular flexibility index (Phi) is 5.63. The molecule has 3 aromatic rings. The van der Waals surface area contributed by atoms with E-state index in [1.54, 1.807) is 35.8 Å². The fourth-order valence-corrected chi connectivity index (χ4v) is 3.13. The van der Waals surface area contributed by atoms with Gasteiger partial charge >= 0.3 is 5.97 Å². The fourth-order valence-electron chi connectivity index (χ4n) is 3.13. The van der Waals surface area contributed by atoms with E-state index in [4.69, 9.17) is 9.15 Å². The molecule has 28 heavy (non-hydrogen) atoms. The Labute approximate surface area is 163 Å². The molecule has 3 rings (SSSR count). The number of aryl methyl sites for hydroxylation is 1. The Balaban J connectivity index is 1.82. The minimum atomic E-state index is -0.459. The number of hydrogen-bond donors (Lipinski definition) is 0. The van der Waals surface area contributed by atoms with Crippen LogP contribution in [0.3, 0.4) is 0 Å². The zero-order valence-electron chi connectivity index (χ0n) is 16.4. The summed E-state index contributed by atoms with van der Waals surface area (Å²) in [5.41, 5.74) is 2.66. The molecule has 0 saturated heterocycles. The second-order valence-corrected chi connectivity index (χ2v) is 6.44. The van der Waals surface area contributed by atoms with E-state index in [0.717, 1.165) is 11.4 Å². The molecule has 0 aliphatic heterocycles. The summed E-state index contributed by atoms with van der Waals surface area (Å²) in [5.74, 6) is 0.364. The summed E-state index contributed by atoms with van der Waals surface area (Å²) < 4.78 is 12.1. The summed E-state index contributed by atoms with van der Waals surface area (Å²) in [6.07, 6.45) is 2.26. The van der Waals surface area contributed by atoms with Gasteiger partial charge in [0.15, 0.2) is 0 Å². The van der Waals surface area contributed by atoms with E-state index in [1.165, 1.54) is 7.11 Å². The van der Waals surface area contributed by atoms with Gasteiger partial charge in [0.2, 0.25) is 0 Å². The zero-order chi connectivity index (χ0) is 20.3. The maximum Gasteiger partial charge on any atom is 0.341 e. The van der Waals surface area contributed by atoms with Gasteiger partial charge in [-0.1, -0.05) is 25.1 Å². The maximum absolute atomic E-state index is 13.0. The molecule has 0 saturated carbocycles. The van der Waals surface area contributed by atoms with Crippen LogP contribution >= 0.6 is 0 Å². The molecule has 1 amide bonds. The number of hydrogen-bond acceptors (Lipinski definition) is 5. The molecule has 0 aliphatic rings. The van der Waals surface area contributed by atoms with Crippen LogP contribution in [-0.4, -0.2) is 40.7 Å². The molecule has 0 fully saturated rings. The van der Waals surface area contributed by atoms with Crippen LogP contribution in [0, 0.1) is 6.92 Å². The lowest BCUT2D eigenvalue weighted by atomic mass is 10.1. The molecular formula is C21H23N3O4. The van der Waals surface area contributed by atoms with Gasteiger partial charge in [-0.3, -0.25) is 4.79 Å². The number of aromatic nitrogens is 2. The highest BCUT2D eigenvalue weighted by Crippen LogP contribution is 2.20. The van der Waals surface area contributed by atoms with Gasteiger partial charge in [-0.15, -0.1) is 0 Å². The van der Waals surface area contributed by atoms with Crippen molar-refractivity contribution in [1.29, 1.82) is 0 Å². The average molecular weight is 381 g/mol. The third kappa shape index (κ3) is 3.69. The van der Waals surface area contributed by atoms with Crippen molar-refractivity contribution in [3.05, 3.63) is 70.9 Å². The van der Waals surface area contributed by atoms with Crippen molar-refractivity contribution in [3.63, 3.8) is 0 Å². The minimum absolute atomic E-state index is 0.160. The number of para-hydroxylation sites is 1. The fraction of sp³-hybridized carbons (Fsp3) is 0.286. The smallest absolute Gasteiger partial charge is 0.341 e. The number of nitrogens with zero attached hydrogens (tertiary/aromatic N) is 3. The average Bonchev–Trinajstić information content (AvgIpc) is 3.30. The van der Waals surface area contributed by atoms with E-state index < -0.39 is 5.97 Å². The molecule has 0 spiro atoms. The Morgan fingerprint density at radius 2 is 1.93 bits per heavy atom. The lowest BCUT2D eigenvalue weighted by molar-refractivity contribution is 0.0598. The monoisotopic (exact) mass is 381 g/mol. The molecular weight excluding hydrogens is 358 g/mol. The Morgan fingerprint density at radius 1 is 1.21 bits per heavy atom. The molecule has 2 heterocycles. The summed E-state index contributed by atoms with van der Waals surface area (Å²) in [7, 11) is 3.01. The Hall–Kier alpha value is -3.35. The van der Waals surface area contributed by atoms with Crippen LogP contribution in [0.2, 0.25) is 0 Å². The normalized spacial score (nSPS) is 10.7. The van der Waals surface area contributed by atoms with Crippen LogP contribution in [-0.2, 0) is 17.7 Å². The highest BCUT2D eigenvalue weighted by atomic mass is 16.5. The maximum atomic E-state index is 13.0. The lowest BCUT2D eigenvalue weighted by Gasteiger charge is -2.16. The first-order valence-electron chi connectivity index (χ1n) is 9.01. The third-order valence-electron chi connectivity index (χ3n) is 4.55. The lowest BCUT2D eigenvalue weighted by Crippen LogP contribution is -2.26. The van der Waals surface area contributed by atoms with Gasteiger partial charge in [-0.05, 0) is 31.5 Å². The van der Waals surface area contributed by atoms with E-state index in [2.05, 4.69) is 5.10 Å². The minimum Gasteiger partial charge on any atom is -0.465 e. The van der Waals surface area contributed by atoms with Gasteiger partial charge in [-0.2, -0.15) is 5.10 Å². The summed E-state index contributed by atoms with van der Waals surface area (Å²) in [4.78, 5) is 26.3. The molecule has 0 atom stereocenters. The number of carbonyl (C=O) groups is 2. The standard InChI is InChI=1S/C21H23N3O4/c1-5-19-18(12-22-24(19)15-9-7-6-8-10-15)20(25)23(3)13-16-11-17(14(2)28-16)21(26)27-4/h6-12H,5,13H2,1-4H3. The highest BCUT2D eigenvalue weighted by molar-refractivity contribution is 5.95. The van der Waals surface area contributed by atoms with Crippen LogP contribution in [0.1, 0.15) is 44.9 Å². The van der Waals surface area contributed by atoms with Crippen molar-refractivity contribution in [3.8, 4) is 5.69 Å². The topological polar surface area (TPSA) is 77.6 Å². The molecule has 0 unspecified atom stereocenters. The Morgan fingerprint density at radius 3 is 2.57 bits per heavy atom. The van der Waals surface area contributed by atoms with Crippen molar-refractivity contribution in [2.24, 2.45) is 0 Å². The summed E-state index contributed by atoms with van der Waals surface area (Å²) in [5, 5.41) is 4.40. The number of furan rings is 1. The predicted octanol–water partition coefficient (Wildman–Crippen LogP) is 3.39. The molecule has 0 radical (unpaired) electrons. The van der Waals surface area contributed by atoms with Gasteiger partial charge < -0.3 is 14.1 Å². The Bertz CT molecular complexity index is 989. The summed E-state index contributed by atoms with van der Waals surface area (Å²) in [6.45, 7) is 3.92. The van der Waals surface area contributed by atoms with E-state index >= 15 is 0 Å². The van der Waals surface area contributed by atoms with E-state index in [0.29, 0.717) is 29.1 Å². The van der Waals surface area contributed by atoms with E-state index in [9.17, 15) is 9.59 Å². The number of rotatable bonds is 6. The van der Waals surface area contributed by atoms with Crippen LogP contribution in [0.25, 0.3) is 5.69 Å². The molecule has 2 aromatic heterocycles. The van der Waals surface area contributed by atoms with Crippen LogP contribution < -0.4 is 0 Å². The number of amides is 1. The number of benzene rings is 1. The number of carbonyl (C=O) groups excluding carboxylic acids is 2. The summed E-state index contributed by atoms with van der Waals surface area (Å²) in [6, 6.07) is 11.3. The summed E-state index contributed by atoms with van der Waals surface area (Å²) >= 11 is 0. The number of ether oxygens (including phenoxy) is 1. The van der Waals surface area contributed by atoms with Crippen molar-refractivity contribution >= 4 is 11.9 Å². The first-order chi connectivity index (χ1) is 13.5. The number of methoxy groups -OCH3 is 1. The van der Waals surface area contributed by atoms with Crippen LogP contribution in [0.15, 0.2) is 47.0 Å². The molecule has 0 aliphatic carbocycles.